The summed E-state index contributed by atoms with van der Waals surface area (Å²) in [6, 6.07) is 12.8. The molecule has 2 aromatic rings. The second-order valence-corrected chi connectivity index (χ2v) is 2.87. The average molecular weight is 242 g/mol. The third-order valence-electron chi connectivity index (χ3n) is 2.00. The van der Waals surface area contributed by atoms with Gasteiger partial charge >= 0.3 is 5.97 Å². The molecular formula is C11H8GaO2. The molecule has 0 atom stereocenters. The number of hydrogen-bond donors (Lipinski definition) is 1. The number of rotatable bonds is 1. The first kappa shape index (κ1) is 10.9. The van der Waals surface area contributed by atoms with Crippen molar-refractivity contribution in [3.63, 3.8) is 0 Å². The van der Waals surface area contributed by atoms with Crippen molar-refractivity contribution in [2.75, 3.05) is 0 Å². The number of hydrogen-bond acceptors (Lipinski definition) is 1. The minimum atomic E-state index is -0.884. The van der Waals surface area contributed by atoms with Crippen LogP contribution < -0.4 is 0 Å². The molecule has 0 spiro atoms. The van der Waals surface area contributed by atoms with E-state index >= 15 is 0 Å². The van der Waals surface area contributed by atoms with Gasteiger partial charge in [-0.2, -0.15) is 0 Å². The third kappa shape index (κ3) is 2.00. The van der Waals surface area contributed by atoms with Gasteiger partial charge in [-0.3, -0.25) is 0 Å². The van der Waals surface area contributed by atoms with Gasteiger partial charge in [0.2, 0.25) is 0 Å². The Kier molecular flexibility index (Phi) is 3.38. The smallest absolute Gasteiger partial charge is 0.335 e. The van der Waals surface area contributed by atoms with Crippen molar-refractivity contribution in [3.05, 3.63) is 48.0 Å². The molecule has 0 bridgehead atoms. The Bertz CT molecular complexity index is 466. The van der Waals surface area contributed by atoms with E-state index in [4.69, 9.17) is 5.11 Å². The molecule has 14 heavy (non-hydrogen) atoms. The van der Waals surface area contributed by atoms with Crippen LogP contribution in [0.3, 0.4) is 0 Å². The van der Waals surface area contributed by atoms with Crippen LogP contribution in [0.25, 0.3) is 10.8 Å². The van der Waals surface area contributed by atoms with E-state index in [-0.39, 0.29) is 19.8 Å². The monoisotopic (exact) mass is 241 g/mol. The molecule has 2 nitrogen and oxygen atoms in total. The summed E-state index contributed by atoms with van der Waals surface area (Å²) < 4.78 is 0. The summed E-state index contributed by atoms with van der Waals surface area (Å²) in [5, 5.41) is 10.8. The van der Waals surface area contributed by atoms with Crippen LogP contribution in [0.15, 0.2) is 42.5 Å². The first-order chi connectivity index (χ1) is 6.27. The first-order valence-electron chi connectivity index (χ1n) is 3.99. The van der Waals surface area contributed by atoms with Crippen LogP contribution in [0, 0.1) is 0 Å². The Balaban J connectivity index is 0.000000980. The van der Waals surface area contributed by atoms with E-state index in [1.165, 1.54) is 0 Å². The van der Waals surface area contributed by atoms with Gasteiger partial charge < -0.3 is 5.11 Å². The number of carbonyl (C=O) groups is 1. The standard InChI is InChI=1S/C11H8O2.Ga/c12-11(13)10-6-5-8-3-1-2-4-9(8)7-10;/h1-7H,(H,12,13);. The summed E-state index contributed by atoms with van der Waals surface area (Å²) in [5.74, 6) is -0.884. The fourth-order valence-electron chi connectivity index (χ4n) is 1.32. The molecule has 67 valence electrons. The molecule has 0 saturated heterocycles. The Hall–Kier alpha value is -1.19. The van der Waals surface area contributed by atoms with Gasteiger partial charge in [0.05, 0.1) is 5.56 Å². The average Bonchev–Trinajstić information content (AvgIpc) is 2.17. The van der Waals surface area contributed by atoms with Crippen LogP contribution in [0.2, 0.25) is 0 Å². The minimum absolute atomic E-state index is 0. The number of benzene rings is 2. The van der Waals surface area contributed by atoms with E-state index in [1.54, 1.807) is 12.1 Å². The summed E-state index contributed by atoms with van der Waals surface area (Å²) in [6.45, 7) is 0. The van der Waals surface area contributed by atoms with Crippen LogP contribution >= 0.6 is 0 Å². The molecule has 2 rings (SSSR count). The summed E-state index contributed by atoms with van der Waals surface area (Å²) in [6.07, 6.45) is 0. The second-order valence-electron chi connectivity index (χ2n) is 2.87. The molecule has 0 amide bonds. The van der Waals surface area contributed by atoms with Gasteiger partial charge in [-0.05, 0) is 22.9 Å². The van der Waals surface area contributed by atoms with E-state index in [0.717, 1.165) is 10.8 Å². The maximum atomic E-state index is 10.6. The maximum absolute atomic E-state index is 10.6. The first-order valence-corrected chi connectivity index (χ1v) is 3.99. The summed E-state index contributed by atoms with van der Waals surface area (Å²) in [7, 11) is 0. The third-order valence-corrected chi connectivity index (χ3v) is 2.00. The fraction of sp³-hybridized carbons (Fsp3) is 0. The van der Waals surface area contributed by atoms with Crippen molar-refractivity contribution in [2.24, 2.45) is 0 Å². The fourth-order valence-corrected chi connectivity index (χ4v) is 1.32. The van der Waals surface area contributed by atoms with E-state index in [0.29, 0.717) is 5.56 Å². The zero-order valence-electron chi connectivity index (χ0n) is 7.47. The molecule has 0 saturated carbocycles. The predicted octanol–water partition coefficient (Wildman–Crippen LogP) is 2.16. The number of fused-ring (bicyclic) bond motifs is 1. The largest absolute Gasteiger partial charge is 0.478 e. The summed E-state index contributed by atoms with van der Waals surface area (Å²) in [4.78, 5) is 10.6. The predicted molar refractivity (Wildman–Crippen MR) is 56.7 cm³/mol. The van der Waals surface area contributed by atoms with Crippen LogP contribution in [-0.4, -0.2) is 30.9 Å². The molecule has 0 aliphatic carbocycles. The Labute approximate surface area is 94.6 Å². The van der Waals surface area contributed by atoms with E-state index in [1.807, 2.05) is 30.3 Å². The van der Waals surface area contributed by atoms with Crippen LogP contribution in [-0.2, 0) is 0 Å². The Morgan fingerprint density at radius 1 is 1.00 bits per heavy atom. The Morgan fingerprint density at radius 3 is 2.29 bits per heavy atom. The van der Waals surface area contributed by atoms with Crippen molar-refractivity contribution in [2.45, 2.75) is 0 Å². The van der Waals surface area contributed by atoms with Crippen LogP contribution in [0.4, 0.5) is 0 Å². The van der Waals surface area contributed by atoms with Gasteiger partial charge in [0.25, 0.3) is 0 Å². The van der Waals surface area contributed by atoms with Gasteiger partial charge in [0.1, 0.15) is 0 Å². The topological polar surface area (TPSA) is 37.3 Å². The number of carboxylic acids is 1. The molecule has 0 aliphatic rings. The molecule has 1 N–H and O–H groups in total. The number of aromatic carboxylic acids is 1. The number of carboxylic acid groups (broad SMARTS) is 1. The van der Waals surface area contributed by atoms with E-state index < -0.39 is 5.97 Å². The van der Waals surface area contributed by atoms with Crippen LogP contribution in [0.5, 0.6) is 0 Å². The van der Waals surface area contributed by atoms with E-state index in [9.17, 15) is 4.79 Å². The van der Waals surface area contributed by atoms with Crippen molar-refractivity contribution < 1.29 is 9.90 Å². The zero-order valence-corrected chi connectivity index (χ0v) is 9.90. The molecule has 2 aromatic carbocycles. The van der Waals surface area contributed by atoms with Gasteiger partial charge in [-0.1, -0.05) is 30.3 Å². The Morgan fingerprint density at radius 2 is 1.64 bits per heavy atom. The van der Waals surface area contributed by atoms with Crippen molar-refractivity contribution in [3.8, 4) is 0 Å². The van der Waals surface area contributed by atoms with Gasteiger partial charge in [-0.15, -0.1) is 0 Å². The molecule has 0 aliphatic heterocycles. The molecule has 3 radical (unpaired) electrons. The second kappa shape index (κ2) is 4.35. The molecule has 0 aromatic heterocycles. The molecule has 0 heterocycles. The maximum Gasteiger partial charge on any atom is 0.335 e. The van der Waals surface area contributed by atoms with Gasteiger partial charge in [0.15, 0.2) is 0 Å². The van der Waals surface area contributed by atoms with Gasteiger partial charge in [0, 0.05) is 19.8 Å². The molecule has 0 fully saturated rings. The SMILES string of the molecule is O=C(O)c1ccc2ccccc2c1.[Ga]. The molecule has 0 unspecified atom stereocenters. The van der Waals surface area contributed by atoms with Crippen LogP contribution in [0.1, 0.15) is 10.4 Å². The normalized spacial score (nSPS) is 9.43. The van der Waals surface area contributed by atoms with Gasteiger partial charge in [-0.25, -0.2) is 4.79 Å². The van der Waals surface area contributed by atoms with Crippen molar-refractivity contribution in [1.82, 2.24) is 0 Å². The summed E-state index contributed by atoms with van der Waals surface area (Å²) >= 11 is 0. The zero-order chi connectivity index (χ0) is 9.26. The van der Waals surface area contributed by atoms with Crippen molar-refractivity contribution >= 4 is 36.5 Å². The molecular weight excluding hydrogens is 234 g/mol. The van der Waals surface area contributed by atoms with Crippen molar-refractivity contribution in [1.29, 1.82) is 0 Å². The quantitative estimate of drug-likeness (QED) is 0.778. The van der Waals surface area contributed by atoms with E-state index in [2.05, 4.69) is 0 Å². The minimum Gasteiger partial charge on any atom is -0.478 e. The molecule has 3 heteroatoms. The summed E-state index contributed by atoms with van der Waals surface area (Å²) in [5.41, 5.74) is 0.332.